The van der Waals surface area contributed by atoms with Crippen LogP contribution in [0.5, 0.6) is 0 Å². The van der Waals surface area contributed by atoms with E-state index in [1.165, 1.54) is 0 Å². The topological polar surface area (TPSA) is 80.2 Å². The molecule has 0 aliphatic carbocycles. The Kier molecular flexibility index (Phi) is 5.46. The Morgan fingerprint density at radius 3 is 2.83 bits per heavy atom. The second-order valence-electron chi connectivity index (χ2n) is 5.17. The van der Waals surface area contributed by atoms with Gasteiger partial charge in [0.15, 0.2) is 5.69 Å². The van der Waals surface area contributed by atoms with Crippen molar-refractivity contribution >= 4 is 17.7 Å². The number of esters is 1. The van der Waals surface area contributed by atoms with Gasteiger partial charge in [-0.3, -0.25) is 0 Å². The molecule has 0 aliphatic rings. The van der Waals surface area contributed by atoms with Gasteiger partial charge >= 0.3 is 5.97 Å². The van der Waals surface area contributed by atoms with Crippen molar-refractivity contribution in [3.8, 4) is 0 Å². The van der Waals surface area contributed by atoms with E-state index in [-0.39, 0.29) is 5.69 Å². The van der Waals surface area contributed by atoms with E-state index in [4.69, 9.17) is 4.74 Å². The summed E-state index contributed by atoms with van der Waals surface area (Å²) >= 11 is 0. The van der Waals surface area contributed by atoms with Crippen LogP contribution >= 0.6 is 0 Å². The van der Waals surface area contributed by atoms with Crippen LogP contribution in [0.3, 0.4) is 0 Å². The Bertz CT molecular complexity index is 688. The molecule has 2 heterocycles. The first kappa shape index (κ1) is 16.7. The molecule has 122 valence electrons. The molecule has 0 fully saturated rings. The van der Waals surface area contributed by atoms with E-state index in [2.05, 4.69) is 20.3 Å². The maximum Gasteiger partial charge on any atom is 0.357 e. The number of nitrogens with zero attached hydrogens (tertiary/aromatic N) is 4. The second-order valence-corrected chi connectivity index (χ2v) is 5.17. The lowest BCUT2D eigenvalue weighted by atomic mass is 10.2. The van der Waals surface area contributed by atoms with Crippen molar-refractivity contribution in [1.29, 1.82) is 0 Å². The summed E-state index contributed by atoms with van der Waals surface area (Å²) in [5.74, 6) is 0.816. The first-order valence-corrected chi connectivity index (χ1v) is 7.39. The summed E-state index contributed by atoms with van der Waals surface area (Å²) in [5, 5.41) is 3.14. The van der Waals surface area contributed by atoms with Crippen LogP contribution in [-0.4, -0.2) is 41.6 Å². The van der Waals surface area contributed by atoms with Crippen LogP contribution in [0.25, 0.3) is 0 Å². The average molecular weight is 315 g/mol. The van der Waals surface area contributed by atoms with Crippen LogP contribution in [0.15, 0.2) is 24.4 Å². The van der Waals surface area contributed by atoms with Crippen LogP contribution in [0.1, 0.15) is 28.7 Å². The Labute approximate surface area is 135 Å². The molecule has 2 aromatic heterocycles. The average Bonchev–Trinajstić information content (AvgIpc) is 2.53. The highest BCUT2D eigenvalue weighted by Gasteiger charge is 2.12. The molecule has 1 N–H and O–H groups in total. The minimum Gasteiger partial charge on any atom is -0.461 e. The second kappa shape index (κ2) is 7.53. The quantitative estimate of drug-likeness (QED) is 0.817. The fourth-order valence-electron chi connectivity index (χ4n) is 2.10. The zero-order valence-electron chi connectivity index (χ0n) is 13.8. The molecule has 0 atom stereocenters. The maximum absolute atomic E-state index is 11.8. The van der Waals surface area contributed by atoms with Crippen LogP contribution in [0, 0.1) is 6.92 Å². The van der Waals surface area contributed by atoms with Gasteiger partial charge in [-0.05, 0) is 26.0 Å². The highest BCUT2D eigenvalue weighted by molar-refractivity contribution is 5.87. The van der Waals surface area contributed by atoms with Gasteiger partial charge < -0.3 is 15.0 Å². The molecule has 7 heteroatoms. The smallest absolute Gasteiger partial charge is 0.357 e. The molecule has 0 unspecified atom stereocenters. The Morgan fingerprint density at radius 1 is 1.35 bits per heavy atom. The van der Waals surface area contributed by atoms with Gasteiger partial charge in [-0.15, -0.1) is 0 Å². The lowest BCUT2D eigenvalue weighted by Gasteiger charge is -2.16. The van der Waals surface area contributed by atoms with Gasteiger partial charge in [-0.25, -0.2) is 19.7 Å². The third kappa shape index (κ3) is 4.38. The number of nitrogens with one attached hydrogen (secondary N) is 1. The van der Waals surface area contributed by atoms with Crippen LogP contribution in [0.4, 0.5) is 11.8 Å². The van der Waals surface area contributed by atoms with Gasteiger partial charge in [-0.2, -0.15) is 0 Å². The molecule has 2 aromatic rings. The molecule has 0 amide bonds. The molecule has 23 heavy (non-hydrogen) atoms. The van der Waals surface area contributed by atoms with Crippen LogP contribution < -0.4 is 10.2 Å². The first-order chi connectivity index (χ1) is 11.0. The molecule has 0 spiro atoms. The summed E-state index contributed by atoms with van der Waals surface area (Å²) < 4.78 is 4.98. The molecular weight excluding hydrogens is 294 g/mol. The minimum absolute atomic E-state index is 0.251. The molecular formula is C16H21N5O2. The zero-order chi connectivity index (χ0) is 16.8. The van der Waals surface area contributed by atoms with Gasteiger partial charge in [0.1, 0.15) is 5.82 Å². The summed E-state index contributed by atoms with van der Waals surface area (Å²) in [5.41, 5.74) is 1.96. The fraction of sp³-hybridized carbons (Fsp3) is 0.375. The van der Waals surface area contributed by atoms with Crippen molar-refractivity contribution in [2.24, 2.45) is 0 Å². The lowest BCUT2D eigenvalue weighted by Crippen LogP contribution is -2.16. The summed E-state index contributed by atoms with van der Waals surface area (Å²) in [7, 11) is 3.88. The number of pyridine rings is 1. The first-order valence-electron chi connectivity index (χ1n) is 7.39. The van der Waals surface area contributed by atoms with Crippen molar-refractivity contribution in [3.63, 3.8) is 0 Å². The van der Waals surface area contributed by atoms with Gasteiger partial charge in [0.25, 0.3) is 0 Å². The summed E-state index contributed by atoms with van der Waals surface area (Å²) in [6.45, 7) is 4.39. The Hall–Kier alpha value is -2.70. The van der Waals surface area contributed by atoms with Crippen LogP contribution in [0.2, 0.25) is 0 Å². The van der Waals surface area contributed by atoms with E-state index in [0.717, 1.165) is 11.4 Å². The fourth-order valence-corrected chi connectivity index (χ4v) is 2.10. The molecule has 0 saturated carbocycles. The highest BCUT2D eigenvalue weighted by Crippen LogP contribution is 2.16. The van der Waals surface area contributed by atoms with E-state index in [9.17, 15) is 4.79 Å². The maximum atomic E-state index is 11.8. The number of ether oxygens (including phenoxy) is 1. The number of aryl methyl sites for hydroxylation is 1. The number of hydrogen-bond donors (Lipinski definition) is 1. The zero-order valence-corrected chi connectivity index (χ0v) is 13.8. The lowest BCUT2D eigenvalue weighted by molar-refractivity contribution is 0.0519. The van der Waals surface area contributed by atoms with E-state index >= 15 is 0 Å². The number of carbonyl (C=O) groups is 1. The van der Waals surface area contributed by atoms with Gasteiger partial charge in [0.2, 0.25) is 5.95 Å². The number of hydrogen-bond acceptors (Lipinski definition) is 7. The molecule has 2 rings (SSSR count). The van der Waals surface area contributed by atoms with Crippen molar-refractivity contribution in [2.75, 3.05) is 30.9 Å². The van der Waals surface area contributed by atoms with Crippen molar-refractivity contribution in [1.82, 2.24) is 15.0 Å². The molecule has 0 aromatic carbocycles. The van der Waals surface area contributed by atoms with Gasteiger partial charge in [0.05, 0.1) is 6.61 Å². The summed E-state index contributed by atoms with van der Waals surface area (Å²) in [4.78, 5) is 26.6. The van der Waals surface area contributed by atoms with E-state index in [1.54, 1.807) is 19.2 Å². The third-order valence-electron chi connectivity index (χ3n) is 3.07. The SMILES string of the molecule is CCOC(=O)c1cc(C)nc(NCc2cccnc2N(C)C)n1. The predicted octanol–water partition coefficient (Wildman–Crippen LogP) is 2.03. The number of anilines is 2. The van der Waals surface area contributed by atoms with Crippen molar-refractivity contribution in [2.45, 2.75) is 20.4 Å². The number of carbonyl (C=O) groups excluding carboxylic acids is 1. The predicted molar refractivity (Wildman–Crippen MR) is 88.6 cm³/mol. The number of aromatic nitrogens is 3. The summed E-state index contributed by atoms with van der Waals surface area (Å²) in [6, 6.07) is 5.47. The molecule has 0 radical (unpaired) electrons. The van der Waals surface area contributed by atoms with E-state index < -0.39 is 5.97 Å². The van der Waals surface area contributed by atoms with E-state index in [1.807, 2.05) is 38.1 Å². The van der Waals surface area contributed by atoms with Crippen LogP contribution in [-0.2, 0) is 11.3 Å². The minimum atomic E-state index is -0.448. The van der Waals surface area contributed by atoms with Crippen molar-refractivity contribution in [3.05, 3.63) is 41.3 Å². The largest absolute Gasteiger partial charge is 0.461 e. The van der Waals surface area contributed by atoms with Crippen molar-refractivity contribution < 1.29 is 9.53 Å². The normalized spacial score (nSPS) is 10.3. The number of rotatable bonds is 6. The summed E-state index contributed by atoms with van der Waals surface area (Å²) in [6.07, 6.45) is 1.75. The Balaban J connectivity index is 2.16. The van der Waals surface area contributed by atoms with Gasteiger partial charge in [-0.1, -0.05) is 6.07 Å². The van der Waals surface area contributed by atoms with Gasteiger partial charge in [0, 0.05) is 38.1 Å². The standard InChI is InChI=1S/C16H21N5O2/c1-5-23-15(22)13-9-11(2)19-16(20-13)18-10-12-7-6-8-17-14(12)21(3)4/h6-9H,5,10H2,1-4H3,(H,18,19,20). The molecule has 0 aliphatic heterocycles. The molecule has 0 saturated heterocycles. The monoisotopic (exact) mass is 315 g/mol. The molecule has 7 nitrogen and oxygen atoms in total. The molecule has 0 bridgehead atoms. The third-order valence-corrected chi connectivity index (χ3v) is 3.07. The van der Waals surface area contributed by atoms with E-state index in [0.29, 0.717) is 24.8 Å². The highest BCUT2D eigenvalue weighted by atomic mass is 16.5. The Morgan fingerprint density at radius 2 is 2.13 bits per heavy atom.